The van der Waals surface area contributed by atoms with Gasteiger partial charge in [-0.2, -0.15) is 12.1 Å². The maximum Gasteiger partial charge on any atom is -0.0548 e. The number of aromatic hydroxyl groups is 1. The quantitative estimate of drug-likeness (QED) is 0.565. The van der Waals surface area contributed by atoms with Crippen LogP contribution in [0.3, 0.4) is 0 Å². The van der Waals surface area contributed by atoms with Crippen LogP contribution in [-0.2, 0) is 15.3 Å². The molecule has 2 unspecified atom stereocenters. The van der Waals surface area contributed by atoms with Crippen molar-refractivity contribution < 1.29 is 37.7 Å². The first kappa shape index (κ1) is 21.1. The van der Waals surface area contributed by atoms with E-state index in [9.17, 15) is 17.3 Å². The van der Waals surface area contributed by atoms with Gasteiger partial charge in [0.05, 0.1) is 0 Å². The van der Waals surface area contributed by atoms with Crippen LogP contribution in [0.5, 0.6) is 5.75 Å². The molecule has 1 aliphatic carbocycles. The van der Waals surface area contributed by atoms with Crippen LogP contribution < -0.4 is 0 Å². The maximum absolute atomic E-state index is 9.75. The fourth-order valence-corrected chi connectivity index (χ4v) is 1.95. The number of rotatable bonds is 1. The molecule has 0 saturated heterocycles. The Balaban J connectivity index is 0.000000315. The Kier molecular flexibility index (Phi) is 10.3. The average molecular weight is 364 g/mol. The van der Waals surface area contributed by atoms with E-state index in [0.717, 1.165) is 18.4 Å². The molecule has 0 bridgehead atoms. The van der Waals surface area contributed by atoms with Crippen LogP contribution in [0.25, 0.3) is 11.5 Å². The second kappa shape index (κ2) is 10.8. The number of phenols is 1. The van der Waals surface area contributed by atoms with Gasteiger partial charge >= 0.3 is 68.2 Å². The van der Waals surface area contributed by atoms with E-state index in [4.69, 9.17) is 16.6 Å². The summed E-state index contributed by atoms with van der Waals surface area (Å²) in [5.74, 6) is 0.269. The fourth-order valence-electron chi connectivity index (χ4n) is 1.70. The first-order valence-electron chi connectivity index (χ1n) is 6.63. The van der Waals surface area contributed by atoms with Crippen molar-refractivity contribution >= 4 is 12.2 Å². The molecule has 2 rings (SSSR count). The predicted octanol–water partition coefficient (Wildman–Crippen LogP) is 4.79. The van der Waals surface area contributed by atoms with Crippen LogP contribution in [0.4, 0.5) is 17.3 Å². The number of nitrogens with one attached hydrogen (secondary N) is 2. The minimum Gasteiger partial charge on any atom is -0.676 e. The molecular weight excluding hydrogens is 346 g/mol. The van der Waals surface area contributed by atoms with Crippen LogP contribution >= 0.6 is 0 Å². The molecule has 1 aromatic carbocycles. The van der Waals surface area contributed by atoms with Gasteiger partial charge in [0.1, 0.15) is 0 Å². The van der Waals surface area contributed by atoms with Gasteiger partial charge in [-0.25, -0.2) is 0 Å². The standard InChI is InChI=1S/C7H6O.C6H12N2.BF4.Co/c1-6-4-2-3-5-7(6)8;7-5-3-1-2-4-6(5)8;2-1(3,4)5;/h1-5,8H;5-8H,1-4H2;;/q;-2;-1;. The molecule has 1 aliphatic rings. The van der Waals surface area contributed by atoms with Crippen LogP contribution in [0, 0.1) is 0 Å². The van der Waals surface area contributed by atoms with Crippen LogP contribution in [0.1, 0.15) is 31.2 Å². The molecule has 129 valence electrons. The van der Waals surface area contributed by atoms with Crippen molar-refractivity contribution in [1.82, 2.24) is 0 Å². The minimum absolute atomic E-state index is 0.0799. The van der Waals surface area contributed by atoms with Gasteiger partial charge in [-0.15, -0.1) is 0 Å². The largest absolute Gasteiger partial charge is 0.676 e. The van der Waals surface area contributed by atoms with E-state index in [1.54, 1.807) is 23.2 Å². The summed E-state index contributed by atoms with van der Waals surface area (Å²) in [6, 6.07) is 6.88. The van der Waals surface area contributed by atoms with Crippen LogP contribution in [0.15, 0.2) is 24.3 Å². The van der Waals surface area contributed by atoms with E-state index in [1.165, 1.54) is 12.8 Å². The summed E-state index contributed by atoms with van der Waals surface area (Å²) in [5, 5.41) is 9.03. The summed E-state index contributed by atoms with van der Waals surface area (Å²) in [4.78, 5) is 1.56. The number of hydrogen-bond acceptors (Lipinski definition) is 1. The zero-order valence-corrected chi connectivity index (χ0v) is 12.8. The SMILES string of the molecule is F[B-](F)(F)F.Oc1ccccc1[CH]=[Co].[NH-]C1CCCCC1[NH-]. The third-order valence-corrected chi connectivity index (χ3v) is 3.13. The number of halogens is 4. The zero-order chi connectivity index (χ0) is 17.2. The number of hydrogen-bond donors (Lipinski definition) is 1. The Morgan fingerprint density at radius 3 is 1.73 bits per heavy atom. The fraction of sp³-hybridized carbons (Fsp3) is 0.462. The van der Waals surface area contributed by atoms with Crippen molar-refractivity contribution in [2.24, 2.45) is 0 Å². The molecule has 3 N–H and O–H groups in total. The van der Waals surface area contributed by atoms with E-state index in [1.807, 2.05) is 6.07 Å². The molecule has 0 aromatic heterocycles. The van der Waals surface area contributed by atoms with Crippen LogP contribution in [-0.4, -0.2) is 29.4 Å². The smallest absolute Gasteiger partial charge is 0.0548 e. The van der Waals surface area contributed by atoms with Crippen molar-refractivity contribution in [3.63, 3.8) is 0 Å². The number of phenolic OH excluding ortho intramolecular Hbond substituents is 1. The van der Waals surface area contributed by atoms with E-state index >= 15 is 0 Å². The van der Waals surface area contributed by atoms with Gasteiger partial charge in [-0.3, -0.25) is 0 Å². The Morgan fingerprint density at radius 1 is 1.05 bits per heavy atom. The molecule has 0 spiro atoms. The van der Waals surface area contributed by atoms with Crippen LogP contribution in [0.2, 0.25) is 0 Å². The third-order valence-electron chi connectivity index (χ3n) is 2.81. The van der Waals surface area contributed by atoms with E-state index in [0.29, 0.717) is 0 Å². The second-order valence-electron chi connectivity index (χ2n) is 4.65. The molecule has 3 nitrogen and oxygen atoms in total. The molecule has 0 heterocycles. The van der Waals surface area contributed by atoms with Crippen molar-refractivity contribution in [2.75, 3.05) is 0 Å². The molecule has 22 heavy (non-hydrogen) atoms. The van der Waals surface area contributed by atoms with E-state index in [-0.39, 0.29) is 17.8 Å². The molecule has 1 aromatic rings. The third kappa shape index (κ3) is 11.7. The monoisotopic (exact) mass is 364 g/mol. The molecule has 1 fully saturated rings. The second-order valence-corrected chi connectivity index (χ2v) is 4.95. The Morgan fingerprint density at radius 2 is 1.45 bits per heavy atom. The Bertz CT molecular complexity index is 432. The molecule has 2 atom stereocenters. The molecule has 1 saturated carbocycles. The average Bonchev–Trinajstić information content (AvgIpc) is 2.42. The summed E-state index contributed by atoms with van der Waals surface area (Å²) in [6.07, 6.45) is 4.25. The number of benzene rings is 1. The Hall–Kier alpha value is -0.899. The summed E-state index contributed by atoms with van der Waals surface area (Å²) in [5.41, 5.74) is 15.3. The predicted molar refractivity (Wildman–Crippen MR) is 78.1 cm³/mol. The minimum atomic E-state index is -6.00. The van der Waals surface area contributed by atoms with Gasteiger partial charge in [0, 0.05) is 0 Å². The van der Waals surface area contributed by atoms with Gasteiger partial charge in [-0.1, -0.05) is 25.7 Å². The van der Waals surface area contributed by atoms with Crippen molar-refractivity contribution in [1.29, 1.82) is 0 Å². The molecule has 0 aliphatic heterocycles. The van der Waals surface area contributed by atoms with E-state index in [2.05, 4.69) is 15.3 Å². The van der Waals surface area contributed by atoms with Gasteiger partial charge in [-0.05, 0) is 0 Å². The normalized spacial score (nSPS) is 20.9. The summed E-state index contributed by atoms with van der Waals surface area (Å²) in [6.45, 7) is 0. The summed E-state index contributed by atoms with van der Waals surface area (Å²) >= 11 is 3.94. The first-order valence-corrected chi connectivity index (χ1v) is 7.23. The maximum atomic E-state index is 9.75. The first-order chi connectivity index (χ1) is 10.1. The number of para-hydroxylation sites is 1. The Labute approximate surface area is 135 Å². The summed E-state index contributed by atoms with van der Waals surface area (Å²) < 4.78 is 39.0. The molecule has 0 radical (unpaired) electrons. The molecular formula is C13H18BCoF4N2O-3. The van der Waals surface area contributed by atoms with Gasteiger partial charge < -0.3 is 28.7 Å². The van der Waals surface area contributed by atoms with E-state index < -0.39 is 7.25 Å². The summed E-state index contributed by atoms with van der Waals surface area (Å²) in [7, 11) is -6.00. The topological polar surface area (TPSA) is 67.8 Å². The molecule has 0 amide bonds. The van der Waals surface area contributed by atoms with Crippen molar-refractivity contribution in [2.45, 2.75) is 37.8 Å². The van der Waals surface area contributed by atoms with Gasteiger partial charge in [0.15, 0.2) is 0 Å². The van der Waals surface area contributed by atoms with Crippen molar-refractivity contribution in [3.05, 3.63) is 41.3 Å². The molecule has 9 heteroatoms. The van der Waals surface area contributed by atoms with Crippen molar-refractivity contribution in [3.8, 4) is 5.75 Å². The van der Waals surface area contributed by atoms with Gasteiger partial charge in [0.2, 0.25) is 0 Å². The zero-order valence-electron chi connectivity index (χ0n) is 11.7. The van der Waals surface area contributed by atoms with Gasteiger partial charge in [0.25, 0.3) is 0 Å².